The molecular weight excluding hydrogens is 501 g/mol. The Hall–Kier alpha value is -3.58. The van der Waals surface area contributed by atoms with Crippen LogP contribution in [-0.4, -0.2) is 28.0 Å². The molecule has 0 aliphatic carbocycles. The van der Waals surface area contributed by atoms with Crippen molar-refractivity contribution in [2.75, 3.05) is 21.3 Å². The summed E-state index contributed by atoms with van der Waals surface area (Å²) in [6, 6.07) is 0.395. The summed E-state index contributed by atoms with van der Waals surface area (Å²) < 4.78 is 159. The predicted molar refractivity (Wildman–Crippen MR) is 103 cm³/mol. The van der Waals surface area contributed by atoms with Gasteiger partial charge in [-0.25, -0.2) is 26.3 Å². The lowest BCUT2D eigenvalue weighted by Gasteiger charge is -2.22. The molecule has 0 unspecified atom stereocenters. The topological polar surface area (TPSA) is 27.7 Å². The Morgan fingerprint density at radius 1 is 0.486 bits per heavy atom. The maximum absolute atomic E-state index is 15.0. The lowest BCUT2D eigenvalue weighted by Crippen LogP contribution is -2.59. The highest BCUT2D eigenvalue weighted by atomic mass is 19.2. The number of benzene rings is 3. The van der Waals surface area contributed by atoms with Gasteiger partial charge in [-0.3, -0.25) is 0 Å². The maximum atomic E-state index is 15.0. The average Bonchev–Trinajstić information content (AvgIpc) is 2.82. The van der Waals surface area contributed by atoms with Crippen LogP contribution < -0.4 is 30.6 Å². The number of halogens is 10. The lowest BCUT2D eigenvalue weighted by atomic mass is 9.36. The summed E-state index contributed by atoms with van der Waals surface area (Å²) in [6.07, 6.45) is 0. The number of rotatable bonds is 6. The van der Waals surface area contributed by atoms with Crippen LogP contribution in [0.25, 0.3) is 0 Å². The summed E-state index contributed by atoms with van der Waals surface area (Å²) in [4.78, 5) is 0. The van der Waals surface area contributed by atoms with Crippen molar-refractivity contribution in [2.45, 2.75) is 0 Å². The van der Waals surface area contributed by atoms with Gasteiger partial charge < -0.3 is 14.2 Å². The zero-order valence-electron chi connectivity index (χ0n) is 17.7. The fourth-order valence-electron chi connectivity index (χ4n) is 3.50. The van der Waals surface area contributed by atoms with Crippen LogP contribution in [0.1, 0.15) is 0 Å². The minimum atomic E-state index is -2.95. The van der Waals surface area contributed by atoms with Crippen LogP contribution in [0, 0.1) is 58.2 Å². The zero-order chi connectivity index (χ0) is 26.4. The van der Waals surface area contributed by atoms with E-state index in [4.69, 9.17) is 0 Å². The second kappa shape index (κ2) is 9.58. The second-order valence-corrected chi connectivity index (χ2v) is 6.85. The molecule has 0 atom stereocenters. The zero-order valence-corrected chi connectivity index (χ0v) is 17.7. The maximum Gasteiger partial charge on any atom is 0.261 e. The van der Waals surface area contributed by atoms with E-state index in [-0.39, 0.29) is 6.07 Å². The predicted octanol–water partition coefficient (Wildman–Crippen LogP) is 3.62. The quantitative estimate of drug-likeness (QED) is 0.287. The van der Waals surface area contributed by atoms with Crippen LogP contribution in [0.5, 0.6) is 17.2 Å². The molecule has 0 spiro atoms. The molecule has 0 N–H and O–H groups in total. The first-order valence-electron chi connectivity index (χ1n) is 9.25. The Balaban J connectivity index is 2.59. The Morgan fingerprint density at radius 2 is 0.857 bits per heavy atom. The molecule has 0 aromatic heterocycles. The Kier molecular flexibility index (Phi) is 7.13. The molecule has 0 aliphatic rings. The van der Waals surface area contributed by atoms with Gasteiger partial charge >= 0.3 is 0 Å². The monoisotopic (exact) mass is 512 g/mol. The minimum absolute atomic E-state index is 0.0548. The molecular formula is C21H11BF10O3. The van der Waals surface area contributed by atoms with Gasteiger partial charge in [-0.2, -0.15) is 17.6 Å². The molecule has 3 nitrogen and oxygen atoms in total. The highest BCUT2D eigenvalue weighted by Gasteiger charge is 2.42. The molecule has 0 fully saturated rings. The summed E-state index contributed by atoms with van der Waals surface area (Å²) >= 11 is 0. The van der Waals surface area contributed by atoms with Gasteiger partial charge in [0.15, 0.2) is 46.3 Å². The summed E-state index contributed by atoms with van der Waals surface area (Å²) in [5.74, 6) is -25.4. The van der Waals surface area contributed by atoms with Crippen molar-refractivity contribution in [3.8, 4) is 17.2 Å². The van der Waals surface area contributed by atoms with Gasteiger partial charge in [-0.05, 0) is 11.5 Å². The Morgan fingerprint density at radius 3 is 1.17 bits per heavy atom. The van der Waals surface area contributed by atoms with E-state index < -0.39 is 98.5 Å². The van der Waals surface area contributed by atoms with Crippen molar-refractivity contribution in [2.24, 2.45) is 0 Å². The molecule has 0 saturated carbocycles. The number of hydrogen-bond donors (Lipinski definition) is 0. The molecule has 0 heterocycles. The van der Waals surface area contributed by atoms with Gasteiger partial charge in [-0.1, -0.05) is 0 Å². The van der Waals surface area contributed by atoms with E-state index in [0.29, 0.717) is 20.3 Å². The third-order valence-electron chi connectivity index (χ3n) is 5.08. The molecule has 3 aromatic carbocycles. The molecule has 0 radical (unpaired) electrons. The molecule has 0 bridgehead atoms. The molecule has 0 aliphatic heterocycles. The van der Waals surface area contributed by atoms with Crippen molar-refractivity contribution < 1.29 is 58.1 Å². The summed E-state index contributed by atoms with van der Waals surface area (Å²) in [5.41, 5.74) is -5.07. The van der Waals surface area contributed by atoms with Crippen LogP contribution in [0.3, 0.4) is 0 Å². The molecule has 0 amide bonds. The molecule has 186 valence electrons. The molecule has 3 rings (SSSR count). The van der Waals surface area contributed by atoms with Crippen molar-refractivity contribution in [1.29, 1.82) is 0 Å². The molecule has 0 saturated heterocycles. The normalized spacial score (nSPS) is 11.0. The fraction of sp³-hybridized carbons (Fsp3) is 0.143. The van der Waals surface area contributed by atoms with Crippen LogP contribution in [0.2, 0.25) is 0 Å². The first-order valence-corrected chi connectivity index (χ1v) is 9.25. The van der Waals surface area contributed by atoms with Crippen molar-refractivity contribution in [3.05, 3.63) is 70.3 Å². The van der Waals surface area contributed by atoms with E-state index >= 15 is 0 Å². The van der Waals surface area contributed by atoms with E-state index in [0.717, 1.165) is 7.11 Å². The van der Waals surface area contributed by atoms with E-state index in [1.54, 1.807) is 0 Å². The number of hydrogen-bond acceptors (Lipinski definition) is 3. The van der Waals surface area contributed by atoms with Crippen LogP contribution in [0.4, 0.5) is 43.9 Å². The minimum Gasteiger partial charge on any atom is -0.494 e. The third-order valence-corrected chi connectivity index (χ3v) is 5.08. The molecule has 35 heavy (non-hydrogen) atoms. The average molecular weight is 512 g/mol. The first kappa shape index (κ1) is 26.0. The van der Waals surface area contributed by atoms with Gasteiger partial charge in [0.25, 0.3) is 6.71 Å². The van der Waals surface area contributed by atoms with Crippen molar-refractivity contribution >= 4 is 23.1 Å². The van der Waals surface area contributed by atoms with Crippen LogP contribution in [0.15, 0.2) is 12.1 Å². The molecule has 3 aromatic rings. The van der Waals surface area contributed by atoms with Crippen LogP contribution in [-0.2, 0) is 0 Å². The smallest absolute Gasteiger partial charge is 0.261 e. The largest absolute Gasteiger partial charge is 0.494 e. The van der Waals surface area contributed by atoms with E-state index in [1.807, 2.05) is 0 Å². The van der Waals surface area contributed by atoms with Gasteiger partial charge in [-0.15, -0.1) is 0 Å². The van der Waals surface area contributed by atoms with E-state index in [1.165, 1.54) is 0 Å². The third kappa shape index (κ3) is 4.00. The van der Waals surface area contributed by atoms with E-state index in [9.17, 15) is 43.9 Å². The summed E-state index contributed by atoms with van der Waals surface area (Å²) in [5, 5.41) is 0. The van der Waals surface area contributed by atoms with Gasteiger partial charge in [0.1, 0.15) is 5.82 Å². The SMILES string of the molecule is COc1cc(B(c2c(F)c(F)c(OC)c(F)c2F)c2c(F)c(F)c(OC)c(F)c2F)c(F)cc1F. The van der Waals surface area contributed by atoms with Crippen molar-refractivity contribution in [3.63, 3.8) is 0 Å². The fourth-order valence-corrected chi connectivity index (χ4v) is 3.50. The Bertz CT molecular complexity index is 1200. The second-order valence-electron chi connectivity index (χ2n) is 6.85. The van der Waals surface area contributed by atoms with Gasteiger partial charge in [0, 0.05) is 17.0 Å². The van der Waals surface area contributed by atoms with Crippen molar-refractivity contribution in [1.82, 2.24) is 0 Å². The van der Waals surface area contributed by atoms with Gasteiger partial charge in [0.2, 0.25) is 23.3 Å². The van der Waals surface area contributed by atoms with Crippen LogP contribution >= 0.6 is 0 Å². The number of ether oxygens (including phenoxy) is 3. The van der Waals surface area contributed by atoms with Gasteiger partial charge in [0.05, 0.1) is 21.3 Å². The number of methoxy groups -OCH3 is 3. The first-order chi connectivity index (χ1) is 16.4. The highest BCUT2D eigenvalue weighted by molar-refractivity contribution is 6.95. The molecule has 14 heteroatoms. The summed E-state index contributed by atoms with van der Waals surface area (Å²) in [6.45, 7) is -2.95. The van der Waals surface area contributed by atoms with E-state index in [2.05, 4.69) is 14.2 Å². The highest BCUT2D eigenvalue weighted by Crippen LogP contribution is 2.29. The standard InChI is InChI=1S/C21H11BF10O3/c1-33-9-4-6(7(23)5-8(9)24)22(10-12(25)16(29)20(34-2)17(30)13(10)26)11-14(27)18(31)21(35-3)19(32)15(11)28/h4-5H,1-3H3. The summed E-state index contributed by atoms with van der Waals surface area (Å²) in [7, 11) is 2.13. The Labute approximate surface area is 190 Å². The lowest BCUT2D eigenvalue weighted by molar-refractivity contribution is 0.334.